The van der Waals surface area contributed by atoms with Crippen molar-refractivity contribution in [2.45, 2.75) is 46.5 Å². The lowest BCUT2D eigenvalue weighted by Crippen LogP contribution is -2.26. The van der Waals surface area contributed by atoms with Gasteiger partial charge in [0.15, 0.2) is 11.5 Å². The number of benzene rings is 1. The van der Waals surface area contributed by atoms with E-state index in [9.17, 15) is 4.79 Å². The van der Waals surface area contributed by atoms with Gasteiger partial charge in [0.2, 0.25) is 0 Å². The van der Waals surface area contributed by atoms with Crippen LogP contribution in [0.2, 0.25) is 0 Å². The molecule has 0 unspecified atom stereocenters. The smallest absolute Gasteiger partial charge is 0.316 e. The number of furan rings is 1. The standard InChI is InChI=1S/C19H22O3/c1-19(2,3)18(20)22-17-14-11-7-8-12-15(14)21-16(17)13-9-5-4-6-10-13/h4-6,9-10H,7-8,11-12H2,1-3H3. The first-order chi connectivity index (χ1) is 10.5. The van der Waals surface area contributed by atoms with Crippen LogP contribution >= 0.6 is 0 Å². The van der Waals surface area contributed by atoms with Crippen LogP contribution in [0.1, 0.15) is 44.9 Å². The van der Waals surface area contributed by atoms with Gasteiger partial charge in [0.1, 0.15) is 5.76 Å². The molecule has 3 heteroatoms. The van der Waals surface area contributed by atoms with Crippen LogP contribution in [0, 0.1) is 5.41 Å². The lowest BCUT2D eigenvalue weighted by molar-refractivity contribution is -0.143. The van der Waals surface area contributed by atoms with Crippen molar-refractivity contribution in [3.8, 4) is 17.1 Å². The number of ether oxygens (including phenoxy) is 1. The predicted molar refractivity (Wildman–Crippen MR) is 85.9 cm³/mol. The van der Waals surface area contributed by atoms with Crippen LogP contribution in [-0.2, 0) is 17.6 Å². The van der Waals surface area contributed by atoms with Crippen molar-refractivity contribution < 1.29 is 13.9 Å². The van der Waals surface area contributed by atoms with E-state index in [0.717, 1.165) is 42.6 Å². The van der Waals surface area contributed by atoms with Crippen LogP contribution in [0.5, 0.6) is 5.75 Å². The summed E-state index contributed by atoms with van der Waals surface area (Å²) in [6, 6.07) is 9.86. The second kappa shape index (κ2) is 5.64. The summed E-state index contributed by atoms with van der Waals surface area (Å²) in [5.74, 6) is 2.06. The van der Waals surface area contributed by atoms with Crippen LogP contribution < -0.4 is 4.74 Å². The zero-order chi connectivity index (χ0) is 15.7. The molecular weight excluding hydrogens is 276 g/mol. The Kier molecular flexibility index (Phi) is 3.81. The number of rotatable bonds is 2. The third kappa shape index (κ3) is 2.80. The Morgan fingerprint density at radius 3 is 2.45 bits per heavy atom. The highest BCUT2D eigenvalue weighted by molar-refractivity contribution is 5.81. The molecule has 0 N–H and O–H groups in total. The van der Waals surface area contributed by atoms with Crippen LogP contribution in [-0.4, -0.2) is 5.97 Å². The third-order valence-corrected chi connectivity index (χ3v) is 3.97. The normalized spacial score (nSPS) is 14.5. The lowest BCUT2D eigenvalue weighted by Gasteiger charge is -2.17. The molecule has 0 fully saturated rings. The minimum absolute atomic E-state index is 0.223. The molecule has 0 radical (unpaired) electrons. The van der Waals surface area contributed by atoms with Gasteiger partial charge in [-0.2, -0.15) is 0 Å². The van der Waals surface area contributed by atoms with Gasteiger partial charge >= 0.3 is 5.97 Å². The highest BCUT2D eigenvalue weighted by atomic mass is 16.5. The number of hydrogen-bond acceptors (Lipinski definition) is 3. The Morgan fingerprint density at radius 2 is 1.77 bits per heavy atom. The molecule has 1 aromatic carbocycles. The van der Waals surface area contributed by atoms with E-state index in [2.05, 4.69) is 0 Å². The van der Waals surface area contributed by atoms with Gasteiger partial charge in [-0.3, -0.25) is 4.79 Å². The Hall–Kier alpha value is -2.03. The molecule has 0 amide bonds. The molecule has 0 spiro atoms. The quantitative estimate of drug-likeness (QED) is 0.749. The van der Waals surface area contributed by atoms with E-state index in [1.807, 2.05) is 51.1 Å². The molecule has 1 aliphatic carbocycles. The van der Waals surface area contributed by atoms with Gasteiger partial charge in [0.25, 0.3) is 0 Å². The van der Waals surface area contributed by atoms with E-state index in [1.165, 1.54) is 0 Å². The van der Waals surface area contributed by atoms with Crippen molar-refractivity contribution in [2.24, 2.45) is 5.41 Å². The molecule has 3 rings (SSSR count). The van der Waals surface area contributed by atoms with E-state index in [4.69, 9.17) is 9.15 Å². The summed E-state index contributed by atoms with van der Waals surface area (Å²) in [5, 5.41) is 0. The van der Waals surface area contributed by atoms with E-state index >= 15 is 0 Å². The van der Waals surface area contributed by atoms with E-state index in [1.54, 1.807) is 0 Å². The summed E-state index contributed by atoms with van der Waals surface area (Å²) in [6.07, 6.45) is 4.07. The number of carbonyl (C=O) groups is 1. The number of fused-ring (bicyclic) bond motifs is 1. The highest BCUT2D eigenvalue weighted by Gasteiger charge is 2.30. The van der Waals surface area contributed by atoms with E-state index in [0.29, 0.717) is 11.5 Å². The van der Waals surface area contributed by atoms with Crippen LogP contribution in [0.4, 0.5) is 0 Å². The van der Waals surface area contributed by atoms with Crippen LogP contribution in [0.15, 0.2) is 34.7 Å². The fourth-order valence-corrected chi connectivity index (χ4v) is 2.67. The van der Waals surface area contributed by atoms with E-state index < -0.39 is 5.41 Å². The first-order valence-electron chi connectivity index (χ1n) is 7.89. The molecule has 116 valence electrons. The summed E-state index contributed by atoms with van der Waals surface area (Å²) in [6.45, 7) is 5.60. The predicted octanol–water partition coefficient (Wildman–Crippen LogP) is 4.78. The molecule has 0 aliphatic heterocycles. The molecule has 1 heterocycles. The molecule has 2 aromatic rings. The molecule has 1 aromatic heterocycles. The molecule has 0 saturated carbocycles. The minimum atomic E-state index is -0.535. The molecular formula is C19H22O3. The Morgan fingerprint density at radius 1 is 1.09 bits per heavy atom. The zero-order valence-electron chi connectivity index (χ0n) is 13.4. The van der Waals surface area contributed by atoms with Gasteiger partial charge in [-0.1, -0.05) is 30.3 Å². The topological polar surface area (TPSA) is 39.4 Å². The summed E-state index contributed by atoms with van der Waals surface area (Å²) in [5.41, 5.74) is 1.49. The summed E-state index contributed by atoms with van der Waals surface area (Å²) in [4.78, 5) is 12.3. The van der Waals surface area contributed by atoms with Gasteiger partial charge in [-0.05, 0) is 40.0 Å². The first kappa shape index (κ1) is 14.9. The number of aryl methyl sites for hydroxylation is 1. The summed E-state index contributed by atoms with van der Waals surface area (Å²) in [7, 11) is 0. The van der Waals surface area contributed by atoms with Crippen molar-refractivity contribution in [1.29, 1.82) is 0 Å². The largest absolute Gasteiger partial charge is 0.457 e. The average Bonchev–Trinajstić information content (AvgIpc) is 2.86. The Balaban J connectivity index is 2.06. The molecule has 22 heavy (non-hydrogen) atoms. The number of esters is 1. The zero-order valence-corrected chi connectivity index (χ0v) is 13.4. The second-order valence-electron chi connectivity index (χ2n) is 6.87. The summed E-state index contributed by atoms with van der Waals surface area (Å²) >= 11 is 0. The van der Waals surface area contributed by atoms with Crippen molar-refractivity contribution in [2.75, 3.05) is 0 Å². The van der Waals surface area contributed by atoms with Gasteiger partial charge < -0.3 is 9.15 Å². The van der Waals surface area contributed by atoms with Gasteiger partial charge in [-0.25, -0.2) is 0 Å². The molecule has 3 nitrogen and oxygen atoms in total. The first-order valence-corrected chi connectivity index (χ1v) is 7.89. The summed E-state index contributed by atoms with van der Waals surface area (Å²) < 4.78 is 11.8. The number of carbonyl (C=O) groups excluding carboxylic acids is 1. The van der Waals surface area contributed by atoms with Crippen LogP contribution in [0.25, 0.3) is 11.3 Å². The Labute approximate surface area is 131 Å². The van der Waals surface area contributed by atoms with E-state index in [-0.39, 0.29) is 5.97 Å². The fourth-order valence-electron chi connectivity index (χ4n) is 2.67. The van der Waals surface area contributed by atoms with Crippen molar-refractivity contribution in [3.05, 3.63) is 41.7 Å². The van der Waals surface area contributed by atoms with Crippen molar-refractivity contribution in [1.82, 2.24) is 0 Å². The fraction of sp³-hybridized carbons (Fsp3) is 0.421. The Bertz CT molecular complexity index is 675. The molecule has 0 bridgehead atoms. The van der Waals surface area contributed by atoms with Gasteiger partial charge in [0.05, 0.1) is 5.41 Å². The molecule has 1 aliphatic rings. The number of hydrogen-bond donors (Lipinski definition) is 0. The average molecular weight is 298 g/mol. The maximum absolute atomic E-state index is 12.3. The molecule has 0 atom stereocenters. The lowest BCUT2D eigenvalue weighted by atomic mass is 9.96. The minimum Gasteiger partial charge on any atom is -0.457 e. The third-order valence-electron chi connectivity index (χ3n) is 3.97. The van der Waals surface area contributed by atoms with Gasteiger partial charge in [-0.15, -0.1) is 0 Å². The maximum atomic E-state index is 12.3. The van der Waals surface area contributed by atoms with Crippen molar-refractivity contribution >= 4 is 5.97 Å². The molecule has 0 saturated heterocycles. The SMILES string of the molecule is CC(C)(C)C(=O)Oc1c(-c2ccccc2)oc2c1CCCC2. The van der Waals surface area contributed by atoms with Gasteiger partial charge in [0, 0.05) is 17.5 Å². The highest BCUT2D eigenvalue weighted by Crippen LogP contribution is 2.42. The second-order valence-corrected chi connectivity index (χ2v) is 6.87. The van der Waals surface area contributed by atoms with Crippen LogP contribution in [0.3, 0.4) is 0 Å². The maximum Gasteiger partial charge on any atom is 0.316 e. The monoisotopic (exact) mass is 298 g/mol. The van der Waals surface area contributed by atoms with Crippen molar-refractivity contribution in [3.63, 3.8) is 0 Å².